The Morgan fingerprint density at radius 1 is 1.73 bits per heavy atom. The van der Waals surface area contributed by atoms with Crippen LogP contribution in [0.15, 0.2) is 11.8 Å². The summed E-state index contributed by atoms with van der Waals surface area (Å²) >= 11 is 0. The Labute approximate surface area is 63.3 Å². The first-order chi connectivity index (χ1) is 5.26. The van der Waals surface area contributed by atoms with Crippen LogP contribution in [0.1, 0.15) is 0 Å². The zero-order valence-corrected chi connectivity index (χ0v) is 5.83. The standard InChI is InChI=1S/C6H6N2O3/c1-11-6(10)5(2-7)3-8-4-9/h3-4H,1H3,(H,8,9)/b5-3+. The SMILES string of the molecule is COC(=O)/C(C#N)=C/NC=O. The number of carbonyl (C=O) groups excluding carboxylic acids is 2. The van der Waals surface area contributed by atoms with Crippen molar-refractivity contribution in [3.63, 3.8) is 0 Å². The van der Waals surface area contributed by atoms with Gasteiger partial charge in [0, 0.05) is 6.20 Å². The summed E-state index contributed by atoms with van der Waals surface area (Å²) in [7, 11) is 1.15. The maximum absolute atomic E-state index is 10.6. The molecule has 0 aromatic carbocycles. The summed E-state index contributed by atoms with van der Waals surface area (Å²) in [6.07, 6.45) is 1.32. The van der Waals surface area contributed by atoms with E-state index in [1.54, 1.807) is 6.07 Å². The highest BCUT2D eigenvalue weighted by molar-refractivity contribution is 5.92. The van der Waals surface area contributed by atoms with Crippen molar-refractivity contribution in [2.24, 2.45) is 0 Å². The molecule has 0 heterocycles. The number of nitrogens with one attached hydrogen (secondary N) is 1. The summed E-state index contributed by atoms with van der Waals surface area (Å²) < 4.78 is 4.21. The molecule has 0 aliphatic rings. The van der Waals surface area contributed by atoms with Crippen LogP contribution in [0, 0.1) is 11.3 Å². The fourth-order valence-corrected chi connectivity index (χ4v) is 0.364. The normalized spacial score (nSPS) is 9.64. The number of methoxy groups -OCH3 is 1. The van der Waals surface area contributed by atoms with E-state index in [2.05, 4.69) is 4.74 Å². The maximum Gasteiger partial charge on any atom is 0.350 e. The molecule has 0 aromatic rings. The predicted octanol–water partition coefficient (Wildman–Crippen LogP) is -0.687. The van der Waals surface area contributed by atoms with E-state index in [0.29, 0.717) is 6.41 Å². The molecule has 5 nitrogen and oxygen atoms in total. The van der Waals surface area contributed by atoms with Crippen LogP contribution < -0.4 is 5.32 Å². The van der Waals surface area contributed by atoms with Crippen LogP contribution in [0.4, 0.5) is 0 Å². The molecule has 0 aliphatic carbocycles. The second-order valence-corrected chi connectivity index (χ2v) is 1.45. The summed E-state index contributed by atoms with van der Waals surface area (Å²) in [5.74, 6) is -0.776. The van der Waals surface area contributed by atoms with Gasteiger partial charge in [0.2, 0.25) is 6.41 Å². The van der Waals surface area contributed by atoms with Crippen molar-refractivity contribution in [2.45, 2.75) is 0 Å². The van der Waals surface area contributed by atoms with Crippen molar-refractivity contribution in [1.82, 2.24) is 5.32 Å². The Hall–Kier alpha value is -1.83. The van der Waals surface area contributed by atoms with E-state index < -0.39 is 5.97 Å². The predicted molar refractivity (Wildman–Crippen MR) is 34.9 cm³/mol. The third kappa shape index (κ3) is 3.01. The molecule has 0 saturated heterocycles. The molecule has 0 aromatic heterocycles. The monoisotopic (exact) mass is 154 g/mol. The fraction of sp³-hybridized carbons (Fsp3) is 0.167. The van der Waals surface area contributed by atoms with Crippen molar-refractivity contribution in [1.29, 1.82) is 5.26 Å². The van der Waals surface area contributed by atoms with Gasteiger partial charge in [0.1, 0.15) is 6.07 Å². The lowest BCUT2D eigenvalue weighted by Crippen LogP contribution is -2.08. The van der Waals surface area contributed by atoms with E-state index in [0.717, 1.165) is 13.3 Å². The lowest BCUT2D eigenvalue weighted by atomic mass is 10.3. The molecule has 0 spiro atoms. The Kier molecular flexibility index (Phi) is 4.16. The van der Waals surface area contributed by atoms with Gasteiger partial charge in [-0.15, -0.1) is 0 Å². The van der Waals surface area contributed by atoms with Crippen LogP contribution >= 0.6 is 0 Å². The highest BCUT2D eigenvalue weighted by atomic mass is 16.5. The number of nitrogens with zero attached hydrogens (tertiary/aromatic N) is 1. The molecule has 11 heavy (non-hydrogen) atoms. The largest absolute Gasteiger partial charge is 0.465 e. The van der Waals surface area contributed by atoms with E-state index in [-0.39, 0.29) is 5.57 Å². The summed E-state index contributed by atoms with van der Waals surface area (Å²) in [4.78, 5) is 20.3. The third-order valence-corrected chi connectivity index (χ3v) is 0.821. The second-order valence-electron chi connectivity index (χ2n) is 1.45. The van der Waals surface area contributed by atoms with Crippen LogP contribution in [0.25, 0.3) is 0 Å². The number of amides is 1. The highest BCUT2D eigenvalue weighted by Gasteiger charge is 2.06. The molecule has 0 aliphatic heterocycles. The van der Waals surface area contributed by atoms with Gasteiger partial charge in [-0.3, -0.25) is 4.79 Å². The topological polar surface area (TPSA) is 79.2 Å². The molecule has 0 atom stereocenters. The molecule has 58 valence electrons. The Morgan fingerprint density at radius 2 is 2.36 bits per heavy atom. The Balaban J connectivity index is 4.29. The molecule has 1 amide bonds. The van der Waals surface area contributed by atoms with Gasteiger partial charge in [0.15, 0.2) is 5.57 Å². The van der Waals surface area contributed by atoms with Crippen molar-refractivity contribution in [3.8, 4) is 6.07 Å². The smallest absolute Gasteiger partial charge is 0.350 e. The van der Waals surface area contributed by atoms with E-state index >= 15 is 0 Å². The number of hydrogen-bond acceptors (Lipinski definition) is 4. The first-order valence-corrected chi connectivity index (χ1v) is 2.64. The van der Waals surface area contributed by atoms with Crippen LogP contribution in [0.2, 0.25) is 0 Å². The van der Waals surface area contributed by atoms with E-state index in [1.807, 2.05) is 5.32 Å². The quantitative estimate of drug-likeness (QED) is 0.252. The first kappa shape index (κ1) is 9.17. The molecular formula is C6H6N2O3. The summed E-state index contributed by atoms with van der Waals surface area (Å²) in [5, 5.41) is 10.3. The van der Waals surface area contributed by atoms with Gasteiger partial charge >= 0.3 is 5.97 Å². The lowest BCUT2D eigenvalue weighted by molar-refractivity contribution is -0.135. The second kappa shape index (κ2) is 4.99. The van der Waals surface area contributed by atoms with Gasteiger partial charge in [-0.25, -0.2) is 4.79 Å². The van der Waals surface area contributed by atoms with Gasteiger partial charge in [-0.05, 0) is 0 Å². The molecule has 0 unspecified atom stereocenters. The molecule has 0 bridgehead atoms. The lowest BCUT2D eigenvalue weighted by Gasteiger charge is -1.93. The maximum atomic E-state index is 10.6. The van der Waals surface area contributed by atoms with Crippen molar-refractivity contribution < 1.29 is 14.3 Å². The van der Waals surface area contributed by atoms with Crippen molar-refractivity contribution >= 4 is 12.4 Å². The number of carbonyl (C=O) groups is 2. The van der Waals surface area contributed by atoms with Crippen LogP contribution in [0.3, 0.4) is 0 Å². The summed E-state index contributed by atoms with van der Waals surface area (Å²) in [5.41, 5.74) is -0.250. The highest BCUT2D eigenvalue weighted by Crippen LogP contribution is 1.91. The summed E-state index contributed by atoms with van der Waals surface area (Å²) in [6, 6.07) is 1.55. The van der Waals surface area contributed by atoms with Crippen LogP contribution in [-0.4, -0.2) is 19.5 Å². The van der Waals surface area contributed by atoms with Gasteiger partial charge in [-0.2, -0.15) is 5.26 Å². The molecular weight excluding hydrogens is 148 g/mol. The number of esters is 1. The minimum atomic E-state index is -0.776. The zero-order valence-electron chi connectivity index (χ0n) is 5.83. The van der Waals surface area contributed by atoms with Gasteiger partial charge in [0.25, 0.3) is 0 Å². The third-order valence-electron chi connectivity index (χ3n) is 0.821. The zero-order chi connectivity index (χ0) is 8.69. The molecule has 0 rings (SSSR count). The van der Waals surface area contributed by atoms with E-state index in [9.17, 15) is 9.59 Å². The van der Waals surface area contributed by atoms with Crippen LogP contribution in [-0.2, 0) is 14.3 Å². The van der Waals surface area contributed by atoms with E-state index in [1.165, 1.54) is 0 Å². The minimum absolute atomic E-state index is 0.250. The average Bonchev–Trinajstić information content (AvgIpc) is 2.05. The first-order valence-electron chi connectivity index (χ1n) is 2.64. The van der Waals surface area contributed by atoms with Crippen molar-refractivity contribution in [3.05, 3.63) is 11.8 Å². The minimum Gasteiger partial charge on any atom is -0.465 e. The molecule has 0 radical (unpaired) electrons. The number of hydrogen-bond donors (Lipinski definition) is 1. The van der Waals surface area contributed by atoms with Crippen molar-refractivity contribution in [2.75, 3.05) is 7.11 Å². The number of rotatable bonds is 3. The molecule has 0 saturated carbocycles. The number of ether oxygens (including phenoxy) is 1. The number of nitriles is 1. The van der Waals surface area contributed by atoms with Gasteiger partial charge in [0.05, 0.1) is 7.11 Å². The fourth-order valence-electron chi connectivity index (χ4n) is 0.364. The molecule has 0 fully saturated rings. The van der Waals surface area contributed by atoms with E-state index in [4.69, 9.17) is 5.26 Å². The molecule has 1 N–H and O–H groups in total. The average molecular weight is 154 g/mol. The Morgan fingerprint density at radius 3 is 2.73 bits per heavy atom. The van der Waals surface area contributed by atoms with Gasteiger partial charge < -0.3 is 10.1 Å². The van der Waals surface area contributed by atoms with Gasteiger partial charge in [-0.1, -0.05) is 0 Å². The summed E-state index contributed by atoms with van der Waals surface area (Å²) in [6.45, 7) is 0. The molecule has 5 heteroatoms. The Bertz CT molecular complexity index is 226. The van der Waals surface area contributed by atoms with Crippen LogP contribution in [0.5, 0.6) is 0 Å².